The number of likely N-dealkylation sites (tertiary alicyclic amines) is 1. The first-order chi connectivity index (χ1) is 9.67. The summed E-state index contributed by atoms with van der Waals surface area (Å²) in [6.45, 7) is 5.80. The summed E-state index contributed by atoms with van der Waals surface area (Å²) in [6.07, 6.45) is 0.966. The van der Waals surface area contributed by atoms with Crippen molar-refractivity contribution in [1.29, 1.82) is 0 Å². The average Bonchev–Trinajstić information content (AvgIpc) is 2.34. The molecule has 0 saturated carbocycles. The van der Waals surface area contributed by atoms with Crippen molar-refractivity contribution in [3.05, 3.63) is 34.4 Å². The van der Waals surface area contributed by atoms with Crippen molar-refractivity contribution in [2.45, 2.75) is 6.42 Å². The lowest BCUT2D eigenvalue weighted by molar-refractivity contribution is -0.384. The van der Waals surface area contributed by atoms with Crippen LogP contribution in [0.15, 0.2) is 24.3 Å². The van der Waals surface area contributed by atoms with E-state index in [-0.39, 0.29) is 5.69 Å². The van der Waals surface area contributed by atoms with Gasteiger partial charge in [0.15, 0.2) is 0 Å². The van der Waals surface area contributed by atoms with Gasteiger partial charge in [0.25, 0.3) is 5.69 Å². The van der Waals surface area contributed by atoms with Gasteiger partial charge in [0.05, 0.1) is 24.7 Å². The van der Waals surface area contributed by atoms with Gasteiger partial charge in [0.1, 0.15) is 5.75 Å². The van der Waals surface area contributed by atoms with Crippen molar-refractivity contribution >= 4 is 5.69 Å². The summed E-state index contributed by atoms with van der Waals surface area (Å²) in [5.41, 5.74) is 0.560. The molecule has 0 bridgehead atoms. The van der Waals surface area contributed by atoms with Crippen LogP contribution in [0, 0.1) is 15.5 Å². The molecule has 1 spiro atoms. The molecule has 2 fully saturated rings. The van der Waals surface area contributed by atoms with E-state index in [9.17, 15) is 10.1 Å². The summed E-state index contributed by atoms with van der Waals surface area (Å²) in [5.74, 6) is 0.683. The molecule has 0 radical (unpaired) electrons. The number of nitro groups is 1. The first-order valence-corrected chi connectivity index (χ1v) is 6.84. The second kappa shape index (κ2) is 5.38. The number of rotatable bonds is 6. The van der Waals surface area contributed by atoms with Crippen LogP contribution < -0.4 is 4.74 Å². The lowest BCUT2D eigenvalue weighted by Crippen LogP contribution is -2.65. The molecule has 0 aromatic heterocycles. The molecule has 2 saturated heterocycles. The standard InChI is InChI=1S/C14H18N2O4/c17-16(18)12-2-4-13(5-3-12)20-7-1-6-15-8-14(9-15)10-19-11-14/h2-5H,1,6-11H2. The van der Waals surface area contributed by atoms with Crippen LogP contribution in [0.3, 0.4) is 0 Å². The predicted octanol–water partition coefficient (Wildman–Crippen LogP) is 1.70. The van der Waals surface area contributed by atoms with Crippen LogP contribution in [0.1, 0.15) is 6.42 Å². The van der Waals surface area contributed by atoms with Gasteiger partial charge in [-0.05, 0) is 18.6 Å². The van der Waals surface area contributed by atoms with Gasteiger partial charge in [-0.15, -0.1) is 0 Å². The molecule has 20 heavy (non-hydrogen) atoms. The SMILES string of the molecule is O=[N+]([O-])c1ccc(OCCCN2CC3(COC3)C2)cc1. The van der Waals surface area contributed by atoms with Crippen LogP contribution in [0.5, 0.6) is 5.75 Å². The van der Waals surface area contributed by atoms with Gasteiger partial charge in [-0.2, -0.15) is 0 Å². The zero-order valence-corrected chi connectivity index (χ0v) is 11.3. The van der Waals surface area contributed by atoms with Gasteiger partial charge in [-0.25, -0.2) is 0 Å². The van der Waals surface area contributed by atoms with Gasteiger partial charge in [-0.1, -0.05) is 0 Å². The largest absolute Gasteiger partial charge is 0.494 e. The second-order valence-electron chi connectivity index (χ2n) is 5.66. The molecule has 2 heterocycles. The first-order valence-electron chi connectivity index (χ1n) is 6.84. The van der Waals surface area contributed by atoms with Crippen molar-refractivity contribution in [2.24, 2.45) is 5.41 Å². The van der Waals surface area contributed by atoms with E-state index in [1.807, 2.05) is 0 Å². The van der Waals surface area contributed by atoms with Crippen molar-refractivity contribution in [3.63, 3.8) is 0 Å². The summed E-state index contributed by atoms with van der Waals surface area (Å²) < 4.78 is 10.8. The minimum Gasteiger partial charge on any atom is -0.494 e. The normalized spacial score (nSPS) is 20.2. The predicted molar refractivity (Wildman–Crippen MR) is 72.9 cm³/mol. The Hall–Kier alpha value is -1.66. The molecule has 2 aliphatic heterocycles. The van der Waals surface area contributed by atoms with Crippen molar-refractivity contribution in [2.75, 3.05) is 39.5 Å². The molecule has 0 aliphatic carbocycles. The molecule has 2 aliphatic rings. The average molecular weight is 278 g/mol. The third-order valence-corrected chi connectivity index (χ3v) is 3.87. The Morgan fingerprint density at radius 3 is 2.55 bits per heavy atom. The number of ether oxygens (including phenoxy) is 2. The molecular formula is C14H18N2O4. The number of non-ortho nitro benzene ring substituents is 1. The topological polar surface area (TPSA) is 64.8 Å². The molecule has 0 amide bonds. The van der Waals surface area contributed by atoms with Crippen LogP contribution in [-0.4, -0.2) is 49.3 Å². The van der Waals surface area contributed by atoms with Gasteiger partial charge in [0.2, 0.25) is 0 Å². The maximum absolute atomic E-state index is 10.5. The second-order valence-corrected chi connectivity index (χ2v) is 5.66. The van der Waals surface area contributed by atoms with Crippen LogP contribution in [0.25, 0.3) is 0 Å². The molecule has 6 nitrogen and oxygen atoms in total. The van der Waals surface area contributed by atoms with Crippen LogP contribution in [0.2, 0.25) is 0 Å². The number of nitro benzene ring substituents is 1. The highest BCUT2D eigenvalue weighted by molar-refractivity contribution is 5.35. The zero-order valence-electron chi connectivity index (χ0n) is 11.3. The summed E-state index contributed by atoms with van der Waals surface area (Å²) in [4.78, 5) is 12.5. The van der Waals surface area contributed by atoms with Crippen LogP contribution >= 0.6 is 0 Å². The maximum atomic E-state index is 10.5. The van der Waals surface area contributed by atoms with Crippen molar-refractivity contribution in [1.82, 2.24) is 4.90 Å². The van der Waals surface area contributed by atoms with E-state index < -0.39 is 4.92 Å². The van der Waals surface area contributed by atoms with E-state index in [1.165, 1.54) is 12.1 Å². The first kappa shape index (κ1) is 13.3. The Kier molecular flexibility index (Phi) is 3.58. The molecule has 108 valence electrons. The van der Waals surface area contributed by atoms with Gasteiger partial charge >= 0.3 is 0 Å². The van der Waals surface area contributed by atoms with E-state index in [2.05, 4.69) is 4.90 Å². The molecule has 0 N–H and O–H groups in total. The fraction of sp³-hybridized carbons (Fsp3) is 0.571. The van der Waals surface area contributed by atoms with E-state index in [4.69, 9.17) is 9.47 Å². The third-order valence-electron chi connectivity index (χ3n) is 3.87. The van der Waals surface area contributed by atoms with Crippen LogP contribution in [-0.2, 0) is 4.74 Å². The Balaban J connectivity index is 1.32. The lowest BCUT2D eigenvalue weighted by Gasteiger charge is -2.55. The molecular weight excluding hydrogens is 260 g/mol. The fourth-order valence-corrected chi connectivity index (χ4v) is 2.78. The minimum absolute atomic E-state index is 0.0888. The van der Waals surface area contributed by atoms with Gasteiger partial charge in [0, 0.05) is 37.2 Å². The maximum Gasteiger partial charge on any atom is 0.269 e. The van der Waals surface area contributed by atoms with E-state index in [0.29, 0.717) is 17.8 Å². The minimum atomic E-state index is -0.409. The smallest absolute Gasteiger partial charge is 0.269 e. The molecule has 0 unspecified atom stereocenters. The molecule has 3 rings (SSSR count). The Labute approximate surface area is 117 Å². The quantitative estimate of drug-likeness (QED) is 0.450. The fourth-order valence-electron chi connectivity index (χ4n) is 2.78. The zero-order chi connectivity index (χ0) is 14.0. The number of hydrogen-bond acceptors (Lipinski definition) is 5. The monoisotopic (exact) mass is 278 g/mol. The Bertz CT molecular complexity index is 476. The summed E-state index contributed by atoms with van der Waals surface area (Å²) >= 11 is 0. The Morgan fingerprint density at radius 1 is 1.30 bits per heavy atom. The molecule has 1 aromatic rings. The van der Waals surface area contributed by atoms with Gasteiger partial charge in [-0.3, -0.25) is 10.1 Å². The Morgan fingerprint density at radius 2 is 2.00 bits per heavy atom. The van der Waals surface area contributed by atoms with E-state index in [0.717, 1.165) is 39.3 Å². The summed E-state index contributed by atoms with van der Waals surface area (Å²) in [6, 6.07) is 6.21. The van der Waals surface area contributed by atoms with Crippen molar-refractivity contribution in [3.8, 4) is 5.75 Å². The molecule has 6 heteroatoms. The third kappa shape index (κ3) is 2.76. The molecule has 1 aromatic carbocycles. The summed E-state index contributed by atoms with van der Waals surface area (Å²) in [7, 11) is 0. The molecule has 0 atom stereocenters. The number of nitrogens with zero attached hydrogens (tertiary/aromatic N) is 2. The highest BCUT2D eigenvalue weighted by atomic mass is 16.6. The number of benzene rings is 1. The highest BCUT2D eigenvalue weighted by Crippen LogP contribution is 2.37. The van der Waals surface area contributed by atoms with E-state index in [1.54, 1.807) is 12.1 Å². The lowest BCUT2D eigenvalue weighted by atomic mass is 9.78. The number of hydrogen-bond donors (Lipinski definition) is 0. The van der Waals surface area contributed by atoms with E-state index >= 15 is 0 Å². The highest BCUT2D eigenvalue weighted by Gasteiger charge is 2.48. The van der Waals surface area contributed by atoms with Gasteiger partial charge < -0.3 is 14.4 Å². The summed E-state index contributed by atoms with van der Waals surface area (Å²) in [5, 5.41) is 10.5. The van der Waals surface area contributed by atoms with Crippen LogP contribution in [0.4, 0.5) is 5.69 Å². The van der Waals surface area contributed by atoms with Crippen molar-refractivity contribution < 1.29 is 14.4 Å².